The van der Waals surface area contributed by atoms with Crippen LogP contribution in [-0.4, -0.2) is 24.5 Å². The summed E-state index contributed by atoms with van der Waals surface area (Å²) in [6.45, 7) is 0. The summed E-state index contributed by atoms with van der Waals surface area (Å²) in [5, 5.41) is 10.5. The molecule has 0 rings (SSSR count). The summed E-state index contributed by atoms with van der Waals surface area (Å²) >= 11 is 0. The first-order valence-electron chi connectivity index (χ1n) is 1.67. The zero-order valence-corrected chi connectivity index (χ0v) is 4.21. The Labute approximate surface area is 41.7 Å². The van der Waals surface area contributed by atoms with Crippen molar-refractivity contribution in [1.29, 1.82) is 0 Å². The zero-order valence-electron chi connectivity index (χ0n) is 4.21. The van der Waals surface area contributed by atoms with Crippen molar-refractivity contribution in [2.24, 2.45) is 0 Å². The Morgan fingerprint density at radius 3 is 2.00 bits per heavy atom. The van der Waals surface area contributed by atoms with Crippen LogP contribution in [0.3, 0.4) is 0 Å². The molecule has 1 N–H and O–H groups in total. The maximum atomic E-state index is 9.79. The fraction of sp³-hybridized carbons (Fsp3) is 1.00. The van der Waals surface area contributed by atoms with E-state index in [2.05, 4.69) is 4.94 Å². The minimum atomic E-state index is 0.188. The Balaban J connectivity index is 2.95. The summed E-state index contributed by atoms with van der Waals surface area (Å²) < 4.78 is 0. The van der Waals surface area contributed by atoms with Gasteiger partial charge in [-0.15, -0.1) is 0 Å². The van der Waals surface area contributed by atoms with Crippen LogP contribution in [0, 0.1) is 5.21 Å². The third-order valence-corrected chi connectivity index (χ3v) is 0.237. The Kier molecular flexibility index (Phi) is 2.81. The summed E-state index contributed by atoms with van der Waals surface area (Å²) in [6.07, 6.45) is 0. The van der Waals surface area contributed by atoms with Gasteiger partial charge in [0, 0.05) is 7.05 Å². The van der Waals surface area contributed by atoms with Crippen molar-refractivity contribution in [3.63, 3.8) is 0 Å². The van der Waals surface area contributed by atoms with Crippen LogP contribution in [-0.2, 0) is 4.94 Å². The van der Waals surface area contributed by atoms with Gasteiger partial charge in [0.25, 0.3) is 0 Å². The first-order chi connectivity index (χ1) is 3.13. The van der Waals surface area contributed by atoms with E-state index in [-0.39, 0.29) is 5.23 Å². The molecule has 0 unspecified atom stereocenters. The fourth-order valence-electron chi connectivity index (χ4n) is 0.172. The van der Waals surface area contributed by atoms with Gasteiger partial charge in [-0.2, -0.15) is 0 Å². The molecule has 0 fully saturated rings. The van der Waals surface area contributed by atoms with E-state index >= 15 is 0 Å². The second kappa shape index (κ2) is 2.89. The van der Waals surface area contributed by atoms with Gasteiger partial charge in [0.15, 0.2) is 0 Å². The monoisotopic (exact) mass is 105 g/mol. The highest BCUT2D eigenvalue weighted by atomic mass is 17.0. The molecule has 0 aliphatic rings. The zero-order chi connectivity index (χ0) is 5.86. The average molecular weight is 105 g/mol. The number of hydrogen-bond acceptors (Lipinski definition) is 4. The minimum Gasteiger partial charge on any atom is -0.761 e. The first kappa shape index (κ1) is 6.80. The lowest BCUT2D eigenvalue weighted by molar-refractivity contribution is -0.257. The minimum absolute atomic E-state index is 0.188. The molecular formula is C2H7N3O2-2. The molecule has 0 atom stereocenters. The number of hydroxylamine groups is 3. The van der Waals surface area contributed by atoms with E-state index in [0.717, 1.165) is 7.05 Å². The van der Waals surface area contributed by atoms with Gasteiger partial charge in [0.2, 0.25) is 0 Å². The van der Waals surface area contributed by atoms with E-state index in [9.17, 15) is 5.21 Å². The molecule has 0 amide bonds. The van der Waals surface area contributed by atoms with Gasteiger partial charge in [-0.25, -0.2) is 10.2 Å². The van der Waals surface area contributed by atoms with Crippen molar-refractivity contribution < 1.29 is 4.94 Å². The van der Waals surface area contributed by atoms with Crippen molar-refractivity contribution >= 4 is 0 Å². The molecule has 0 bridgehead atoms. The maximum absolute atomic E-state index is 9.79. The van der Waals surface area contributed by atoms with Gasteiger partial charge in [0.05, 0.1) is 0 Å². The van der Waals surface area contributed by atoms with Crippen molar-refractivity contribution in [2.75, 3.05) is 14.1 Å². The molecule has 0 saturated heterocycles. The van der Waals surface area contributed by atoms with Crippen molar-refractivity contribution in [2.45, 2.75) is 0 Å². The molecule has 5 heteroatoms. The molecule has 0 saturated carbocycles. The van der Waals surface area contributed by atoms with Crippen LogP contribution < -0.4 is 0 Å². The van der Waals surface area contributed by atoms with Gasteiger partial charge in [-0.05, 0) is 7.05 Å². The summed E-state index contributed by atoms with van der Waals surface area (Å²) in [5.41, 5.74) is 0. The van der Waals surface area contributed by atoms with Gasteiger partial charge in [-0.1, -0.05) is 0 Å². The predicted molar refractivity (Wildman–Crippen MR) is 24.3 cm³/mol. The van der Waals surface area contributed by atoms with Crippen LogP contribution in [0.5, 0.6) is 0 Å². The standard InChI is InChI=1S/C2H7N3O2/c1-4(3)7-5(2)6/h3H,1-2H3/q-2. The molecule has 0 spiro atoms. The van der Waals surface area contributed by atoms with Crippen LogP contribution in [0.4, 0.5) is 0 Å². The number of rotatable bonds is 2. The van der Waals surface area contributed by atoms with Gasteiger partial charge in [-0.3, -0.25) is 5.17 Å². The second-order valence-corrected chi connectivity index (χ2v) is 1.02. The third-order valence-electron chi connectivity index (χ3n) is 0.237. The van der Waals surface area contributed by atoms with Crippen LogP contribution in [0.1, 0.15) is 0 Å². The Morgan fingerprint density at radius 2 is 2.00 bits per heavy atom. The van der Waals surface area contributed by atoms with E-state index in [1.807, 2.05) is 0 Å². The first-order valence-corrected chi connectivity index (χ1v) is 1.67. The van der Waals surface area contributed by atoms with Gasteiger partial charge in [0.1, 0.15) is 0 Å². The molecule has 5 nitrogen and oxygen atoms in total. The SMILES string of the molecule is CN([NH-])ON(C)[O-]. The summed E-state index contributed by atoms with van der Waals surface area (Å²) in [4.78, 5) is 4.03. The van der Waals surface area contributed by atoms with Crippen molar-refractivity contribution in [1.82, 2.24) is 10.4 Å². The molecule has 0 radical (unpaired) electrons. The van der Waals surface area contributed by atoms with E-state index in [0.29, 0.717) is 5.17 Å². The molecule has 0 aliphatic carbocycles. The lowest BCUT2D eigenvalue weighted by Gasteiger charge is -2.29. The number of hydrogen-bond donors (Lipinski definition) is 0. The lowest BCUT2D eigenvalue weighted by Crippen LogP contribution is -2.19. The largest absolute Gasteiger partial charge is 0.761 e. The molecular weight excluding hydrogens is 98.0 g/mol. The molecule has 0 aromatic carbocycles. The van der Waals surface area contributed by atoms with E-state index in [1.54, 1.807) is 0 Å². The Bertz CT molecular complexity index is 40.2. The van der Waals surface area contributed by atoms with E-state index in [4.69, 9.17) is 5.84 Å². The number of nitrogens with one attached hydrogen (secondary N) is 1. The molecule has 7 heavy (non-hydrogen) atoms. The highest BCUT2D eigenvalue weighted by molar-refractivity contribution is 4.26. The van der Waals surface area contributed by atoms with Crippen LogP contribution in [0.15, 0.2) is 0 Å². The number of nitrogens with zero attached hydrogens (tertiary/aromatic N) is 2. The Morgan fingerprint density at radius 1 is 1.57 bits per heavy atom. The molecule has 0 heterocycles. The van der Waals surface area contributed by atoms with Crippen LogP contribution in [0.25, 0.3) is 5.84 Å². The van der Waals surface area contributed by atoms with Crippen molar-refractivity contribution in [3.8, 4) is 0 Å². The van der Waals surface area contributed by atoms with Gasteiger partial charge >= 0.3 is 0 Å². The third kappa shape index (κ3) is 5.80. The predicted octanol–water partition coefficient (Wildman–Crippen LogP) is 0.162. The average Bonchev–Trinajstić information content (AvgIpc) is 1.27. The summed E-state index contributed by atoms with van der Waals surface area (Å²) in [5.74, 6) is 6.48. The van der Waals surface area contributed by atoms with E-state index in [1.165, 1.54) is 7.05 Å². The lowest BCUT2D eigenvalue weighted by atomic mass is 11.5. The summed E-state index contributed by atoms with van der Waals surface area (Å²) in [6, 6.07) is 0. The molecule has 44 valence electrons. The smallest absolute Gasteiger partial charge is 0.000999 e. The molecule has 0 aliphatic heterocycles. The van der Waals surface area contributed by atoms with E-state index < -0.39 is 0 Å². The normalized spacial score (nSPS) is 11.1. The molecule has 0 aromatic heterocycles. The van der Waals surface area contributed by atoms with Crippen LogP contribution in [0.2, 0.25) is 0 Å². The topological polar surface area (TPSA) is 62.6 Å². The maximum Gasteiger partial charge on any atom is 0.000999 e. The molecule has 0 aromatic rings. The second-order valence-electron chi connectivity index (χ2n) is 1.02. The van der Waals surface area contributed by atoms with Crippen LogP contribution >= 0.6 is 0 Å². The fourth-order valence-corrected chi connectivity index (χ4v) is 0.172. The quantitative estimate of drug-likeness (QED) is 0.469. The Hall–Kier alpha value is -0.200. The van der Waals surface area contributed by atoms with Gasteiger partial charge < -0.3 is 11.0 Å². The highest BCUT2D eigenvalue weighted by Crippen LogP contribution is 1.83. The highest BCUT2D eigenvalue weighted by Gasteiger charge is 1.74. The summed E-state index contributed by atoms with van der Waals surface area (Å²) in [7, 11) is 2.46. The van der Waals surface area contributed by atoms with Crippen molar-refractivity contribution in [3.05, 3.63) is 11.0 Å².